The minimum atomic E-state index is -0.0861. The maximum absolute atomic E-state index is 12.5. The number of rotatable bonds is 4. The minimum absolute atomic E-state index is 0.0861. The van der Waals surface area contributed by atoms with E-state index in [9.17, 15) is 4.79 Å². The van der Waals surface area contributed by atoms with Crippen LogP contribution in [-0.2, 0) is 0 Å². The van der Waals surface area contributed by atoms with Crippen LogP contribution in [0.5, 0.6) is 11.5 Å². The van der Waals surface area contributed by atoms with Gasteiger partial charge in [0.1, 0.15) is 0 Å². The third kappa shape index (κ3) is 2.83. The number of nitrogens with one attached hydrogen (secondary N) is 2. The van der Waals surface area contributed by atoms with Crippen LogP contribution in [0.2, 0.25) is 0 Å². The number of piperidine rings is 1. The van der Waals surface area contributed by atoms with Gasteiger partial charge in [-0.25, -0.2) is 0 Å². The minimum Gasteiger partial charge on any atom is -0.493 e. The third-order valence-electron chi connectivity index (χ3n) is 4.46. The van der Waals surface area contributed by atoms with Gasteiger partial charge in [-0.2, -0.15) is 0 Å². The normalized spacial score (nSPS) is 27.2. The van der Waals surface area contributed by atoms with Gasteiger partial charge < -0.3 is 20.1 Å². The summed E-state index contributed by atoms with van der Waals surface area (Å²) in [6.45, 7) is 0. The molecule has 114 valence electrons. The molecule has 0 saturated carbocycles. The molecule has 2 aliphatic heterocycles. The van der Waals surface area contributed by atoms with Crippen molar-refractivity contribution in [3.63, 3.8) is 0 Å². The molecule has 1 amide bonds. The first kappa shape index (κ1) is 14.2. The zero-order valence-corrected chi connectivity index (χ0v) is 12.5. The molecule has 0 aliphatic carbocycles. The molecule has 2 unspecified atom stereocenters. The number of hydrogen-bond acceptors (Lipinski definition) is 4. The molecule has 2 N–H and O–H groups in total. The van der Waals surface area contributed by atoms with Gasteiger partial charge in [0.25, 0.3) is 5.91 Å². The van der Waals surface area contributed by atoms with Gasteiger partial charge in [0.15, 0.2) is 11.5 Å². The van der Waals surface area contributed by atoms with Gasteiger partial charge in [0, 0.05) is 18.1 Å². The number of carbonyl (C=O) groups excluding carboxylic acids is 1. The maximum Gasteiger partial charge on any atom is 0.255 e. The molecule has 21 heavy (non-hydrogen) atoms. The van der Waals surface area contributed by atoms with Crippen molar-refractivity contribution in [2.24, 2.45) is 0 Å². The summed E-state index contributed by atoms with van der Waals surface area (Å²) in [6.07, 6.45) is 4.46. The number of carbonyl (C=O) groups is 1. The Hall–Kier alpha value is -1.75. The van der Waals surface area contributed by atoms with Crippen molar-refractivity contribution >= 4 is 5.91 Å². The van der Waals surface area contributed by atoms with E-state index in [2.05, 4.69) is 10.6 Å². The lowest BCUT2D eigenvalue weighted by Gasteiger charge is -2.29. The van der Waals surface area contributed by atoms with Crippen molar-refractivity contribution in [2.45, 2.75) is 43.8 Å². The number of hydrogen-bond donors (Lipinski definition) is 2. The number of fused-ring (bicyclic) bond motifs is 2. The van der Waals surface area contributed by atoms with Gasteiger partial charge in [0.2, 0.25) is 0 Å². The summed E-state index contributed by atoms with van der Waals surface area (Å²) in [6, 6.07) is 6.73. The van der Waals surface area contributed by atoms with Crippen LogP contribution < -0.4 is 20.1 Å². The van der Waals surface area contributed by atoms with Crippen LogP contribution in [0.1, 0.15) is 36.0 Å². The van der Waals surface area contributed by atoms with E-state index in [1.54, 1.807) is 26.4 Å². The van der Waals surface area contributed by atoms with Crippen molar-refractivity contribution in [3.05, 3.63) is 23.8 Å². The van der Waals surface area contributed by atoms with E-state index in [0.29, 0.717) is 29.1 Å². The second-order valence-corrected chi connectivity index (χ2v) is 5.82. The fourth-order valence-corrected chi connectivity index (χ4v) is 3.50. The highest BCUT2D eigenvalue weighted by Gasteiger charge is 2.34. The summed E-state index contributed by atoms with van der Waals surface area (Å²) < 4.78 is 10.6. The Balaban J connectivity index is 1.73. The Morgan fingerprint density at radius 3 is 2.52 bits per heavy atom. The SMILES string of the molecule is COc1cccc(C(=O)NC2CC3CCC(C2)N3)c1OC. The smallest absolute Gasteiger partial charge is 0.255 e. The van der Waals surface area contributed by atoms with Crippen LogP contribution in [0.3, 0.4) is 0 Å². The first-order chi connectivity index (χ1) is 10.2. The molecule has 3 rings (SSSR count). The van der Waals surface area contributed by atoms with E-state index < -0.39 is 0 Å². The maximum atomic E-state index is 12.5. The monoisotopic (exact) mass is 290 g/mol. The largest absolute Gasteiger partial charge is 0.493 e. The lowest BCUT2D eigenvalue weighted by atomic mass is 9.99. The van der Waals surface area contributed by atoms with Crippen molar-refractivity contribution in [1.82, 2.24) is 10.6 Å². The van der Waals surface area contributed by atoms with E-state index in [1.165, 1.54) is 12.8 Å². The number of para-hydroxylation sites is 1. The second-order valence-electron chi connectivity index (χ2n) is 5.82. The molecule has 2 fully saturated rings. The van der Waals surface area contributed by atoms with E-state index in [0.717, 1.165) is 12.8 Å². The summed E-state index contributed by atoms with van der Waals surface area (Å²) in [4.78, 5) is 12.5. The molecule has 1 aromatic rings. The predicted molar refractivity (Wildman–Crippen MR) is 80.0 cm³/mol. The van der Waals surface area contributed by atoms with Crippen molar-refractivity contribution < 1.29 is 14.3 Å². The molecule has 2 heterocycles. The average molecular weight is 290 g/mol. The van der Waals surface area contributed by atoms with Crippen LogP contribution in [0.25, 0.3) is 0 Å². The topological polar surface area (TPSA) is 59.6 Å². The molecule has 5 nitrogen and oxygen atoms in total. The van der Waals surface area contributed by atoms with Crippen LogP contribution in [-0.4, -0.2) is 38.3 Å². The summed E-state index contributed by atoms with van der Waals surface area (Å²) in [7, 11) is 3.13. The van der Waals surface area contributed by atoms with E-state index in [1.807, 2.05) is 6.07 Å². The van der Waals surface area contributed by atoms with Crippen LogP contribution in [0.4, 0.5) is 0 Å². The Morgan fingerprint density at radius 1 is 1.19 bits per heavy atom. The molecule has 5 heteroatoms. The van der Waals surface area contributed by atoms with Crippen molar-refractivity contribution in [1.29, 1.82) is 0 Å². The van der Waals surface area contributed by atoms with Crippen LogP contribution in [0, 0.1) is 0 Å². The van der Waals surface area contributed by atoms with Crippen molar-refractivity contribution in [2.75, 3.05) is 14.2 Å². The summed E-state index contributed by atoms with van der Waals surface area (Å²) in [5, 5.41) is 6.73. The quantitative estimate of drug-likeness (QED) is 0.886. The van der Waals surface area contributed by atoms with Gasteiger partial charge in [-0.05, 0) is 37.8 Å². The molecule has 2 saturated heterocycles. The highest BCUT2D eigenvalue weighted by molar-refractivity contribution is 5.98. The number of ether oxygens (including phenoxy) is 2. The lowest BCUT2D eigenvalue weighted by molar-refractivity contribution is 0.0920. The van der Waals surface area contributed by atoms with E-state index >= 15 is 0 Å². The molecule has 2 aliphatic rings. The fourth-order valence-electron chi connectivity index (χ4n) is 3.50. The Kier molecular flexibility index (Phi) is 4.01. The van der Waals surface area contributed by atoms with Gasteiger partial charge in [-0.3, -0.25) is 4.79 Å². The molecule has 2 bridgehead atoms. The van der Waals surface area contributed by atoms with Gasteiger partial charge >= 0.3 is 0 Å². The summed E-state index contributed by atoms with van der Waals surface area (Å²) in [5.74, 6) is 0.988. The molecule has 2 atom stereocenters. The first-order valence-corrected chi connectivity index (χ1v) is 7.49. The Labute approximate surface area is 125 Å². The van der Waals surface area contributed by atoms with Gasteiger partial charge in [-0.15, -0.1) is 0 Å². The summed E-state index contributed by atoms with van der Waals surface area (Å²) in [5.41, 5.74) is 0.530. The molecule has 0 aromatic heterocycles. The zero-order valence-electron chi connectivity index (χ0n) is 12.5. The molecular formula is C16H22N2O3. The number of benzene rings is 1. The van der Waals surface area contributed by atoms with E-state index in [4.69, 9.17) is 9.47 Å². The molecular weight excluding hydrogens is 268 g/mol. The Bertz CT molecular complexity index is 520. The molecule has 1 aromatic carbocycles. The van der Waals surface area contributed by atoms with Crippen molar-refractivity contribution in [3.8, 4) is 11.5 Å². The second kappa shape index (κ2) is 5.93. The standard InChI is InChI=1S/C16H22N2O3/c1-20-14-5-3-4-13(15(14)21-2)16(19)18-12-8-10-6-7-11(9-12)17-10/h3-5,10-12,17H,6-9H2,1-2H3,(H,18,19). The molecule has 0 radical (unpaired) electrons. The lowest BCUT2D eigenvalue weighted by Crippen LogP contribution is -2.48. The van der Waals surface area contributed by atoms with E-state index in [-0.39, 0.29) is 11.9 Å². The predicted octanol–water partition coefficient (Wildman–Crippen LogP) is 1.72. The van der Waals surface area contributed by atoms with Crippen LogP contribution in [0.15, 0.2) is 18.2 Å². The number of methoxy groups -OCH3 is 2. The van der Waals surface area contributed by atoms with Crippen LogP contribution >= 0.6 is 0 Å². The fraction of sp³-hybridized carbons (Fsp3) is 0.562. The third-order valence-corrected chi connectivity index (χ3v) is 4.46. The zero-order chi connectivity index (χ0) is 14.8. The number of amides is 1. The molecule has 0 spiro atoms. The average Bonchev–Trinajstić information content (AvgIpc) is 2.85. The highest BCUT2D eigenvalue weighted by Crippen LogP contribution is 2.31. The highest BCUT2D eigenvalue weighted by atomic mass is 16.5. The Morgan fingerprint density at radius 2 is 1.90 bits per heavy atom. The summed E-state index contributed by atoms with van der Waals surface area (Å²) >= 11 is 0. The van der Waals surface area contributed by atoms with Gasteiger partial charge in [0.05, 0.1) is 19.8 Å². The van der Waals surface area contributed by atoms with Gasteiger partial charge in [-0.1, -0.05) is 6.07 Å². The first-order valence-electron chi connectivity index (χ1n) is 7.49.